The summed E-state index contributed by atoms with van der Waals surface area (Å²) in [5, 5.41) is 4.64. The number of nitrogen functional groups attached to an aromatic ring is 1. The van der Waals surface area contributed by atoms with Crippen LogP contribution in [0.5, 0.6) is 0 Å². The number of aryl methyl sites for hydroxylation is 2. The molecule has 0 aliphatic heterocycles. The van der Waals surface area contributed by atoms with Crippen molar-refractivity contribution in [3.8, 4) is 28.3 Å². The second-order valence-electron chi connectivity index (χ2n) is 10.6. The Bertz CT molecular complexity index is 2300. The number of nitrogens with two attached hydrogens (primary N) is 1. The first kappa shape index (κ1) is 21.7. The van der Waals surface area contributed by atoms with Crippen LogP contribution in [0, 0.1) is 0 Å². The van der Waals surface area contributed by atoms with E-state index in [0.29, 0.717) is 0 Å². The average molecular weight is 517 g/mol. The quantitative estimate of drug-likeness (QED) is 0.233. The summed E-state index contributed by atoms with van der Waals surface area (Å²) in [6, 6.07) is 37.8. The third kappa shape index (κ3) is 2.85. The van der Waals surface area contributed by atoms with Gasteiger partial charge in [0.25, 0.3) is 0 Å². The largest absolute Gasteiger partial charge is 0.456 e. The van der Waals surface area contributed by atoms with E-state index in [2.05, 4.69) is 83.4 Å². The molecule has 3 aromatic heterocycles. The molecule has 8 aromatic rings. The number of para-hydroxylation sites is 3. The molecule has 9 rings (SSSR count). The molecular weight excluding hydrogens is 492 g/mol. The van der Waals surface area contributed by atoms with Gasteiger partial charge in [-0.3, -0.25) is 0 Å². The molecule has 0 saturated carbocycles. The van der Waals surface area contributed by atoms with E-state index in [9.17, 15) is 0 Å². The summed E-state index contributed by atoms with van der Waals surface area (Å²) in [4.78, 5) is 0. The molecule has 4 nitrogen and oxygen atoms in total. The van der Waals surface area contributed by atoms with Gasteiger partial charge in [-0.25, -0.2) is 0 Å². The van der Waals surface area contributed by atoms with Crippen LogP contribution in [0.2, 0.25) is 0 Å². The van der Waals surface area contributed by atoms with Gasteiger partial charge >= 0.3 is 0 Å². The molecule has 5 aromatic carbocycles. The van der Waals surface area contributed by atoms with Crippen molar-refractivity contribution in [2.24, 2.45) is 0 Å². The van der Waals surface area contributed by atoms with Crippen molar-refractivity contribution in [3.05, 3.63) is 120 Å². The second-order valence-corrected chi connectivity index (χ2v) is 10.6. The lowest BCUT2D eigenvalue weighted by Crippen LogP contribution is -2.07. The van der Waals surface area contributed by atoms with Gasteiger partial charge in [-0.15, -0.1) is 0 Å². The smallest absolute Gasteiger partial charge is 0.155 e. The van der Waals surface area contributed by atoms with E-state index in [1.165, 1.54) is 21.9 Å². The number of aromatic nitrogens is 1. The van der Waals surface area contributed by atoms with Crippen molar-refractivity contribution in [1.29, 1.82) is 0 Å². The number of rotatable bonds is 2. The van der Waals surface area contributed by atoms with Crippen LogP contribution in [0.25, 0.3) is 72.1 Å². The predicted molar refractivity (Wildman–Crippen MR) is 163 cm³/mol. The number of anilines is 1. The Labute approximate surface area is 229 Å². The van der Waals surface area contributed by atoms with Gasteiger partial charge in [0, 0.05) is 38.4 Å². The number of fused-ring (bicyclic) bond motifs is 10. The van der Waals surface area contributed by atoms with Gasteiger partial charge in [-0.1, -0.05) is 66.7 Å². The summed E-state index contributed by atoms with van der Waals surface area (Å²) in [7, 11) is 0. The zero-order valence-corrected chi connectivity index (χ0v) is 21.6. The topological polar surface area (TPSA) is 57.2 Å². The van der Waals surface area contributed by atoms with Crippen molar-refractivity contribution in [2.75, 3.05) is 5.73 Å². The molecular formula is C36H24N2O2. The van der Waals surface area contributed by atoms with Gasteiger partial charge in [-0.05, 0) is 66.4 Å². The van der Waals surface area contributed by atoms with Crippen LogP contribution in [0.3, 0.4) is 0 Å². The molecule has 0 unspecified atom stereocenters. The number of nitrogens with zero attached hydrogens (tertiary/aromatic N) is 1. The Morgan fingerprint density at radius 3 is 2.15 bits per heavy atom. The molecule has 2 N–H and O–H groups in total. The molecule has 0 fully saturated rings. The second kappa shape index (κ2) is 7.90. The van der Waals surface area contributed by atoms with Crippen LogP contribution < -0.4 is 5.73 Å². The lowest BCUT2D eigenvalue weighted by atomic mass is 9.92. The fourth-order valence-corrected chi connectivity index (χ4v) is 6.78. The van der Waals surface area contributed by atoms with Gasteiger partial charge in [0.2, 0.25) is 0 Å². The summed E-state index contributed by atoms with van der Waals surface area (Å²) in [6.45, 7) is 0. The lowest BCUT2D eigenvalue weighted by molar-refractivity contribution is 0.616. The van der Waals surface area contributed by atoms with Crippen molar-refractivity contribution in [3.63, 3.8) is 0 Å². The number of hydrogen-bond donors (Lipinski definition) is 1. The SMILES string of the molecule is Nc1cccc(-n2c3c(c4ccccc42)CCc2c-3oc3ccccc23)c1-c1ccc2oc3ccccc3c2c1. The van der Waals surface area contributed by atoms with Crippen molar-refractivity contribution in [1.82, 2.24) is 4.57 Å². The van der Waals surface area contributed by atoms with Crippen LogP contribution >= 0.6 is 0 Å². The summed E-state index contributed by atoms with van der Waals surface area (Å²) in [6.07, 6.45) is 1.92. The summed E-state index contributed by atoms with van der Waals surface area (Å²) < 4.78 is 15.1. The Hall–Kier alpha value is -5.22. The highest BCUT2D eigenvalue weighted by molar-refractivity contribution is 6.07. The first-order chi connectivity index (χ1) is 19.8. The minimum Gasteiger partial charge on any atom is -0.456 e. The molecule has 1 aliphatic rings. The standard InChI is InChI=1S/C36H24N2O2/c37-28-11-7-13-30(34(28)21-16-19-33-27(20-21)24-10-3-5-14-31(24)39-33)38-29-12-4-1-8-22(29)25-17-18-26-23-9-2-6-15-32(23)40-36(26)35(25)38/h1-16,19-20H,17-18,37H2. The normalized spacial score (nSPS) is 12.9. The predicted octanol–water partition coefficient (Wildman–Crippen LogP) is 9.29. The fraction of sp³-hybridized carbons (Fsp3) is 0.0556. The maximum Gasteiger partial charge on any atom is 0.155 e. The van der Waals surface area contributed by atoms with Crippen LogP contribution in [-0.4, -0.2) is 4.57 Å². The van der Waals surface area contributed by atoms with Crippen LogP contribution in [0.4, 0.5) is 5.69 Å². The Balaban J connectivity index is 1.38. The summed E-state index contributed by atoms with van der Waals surface area (Å²) in [5.74, 6) is 0.961. The van der Waals surface area contributed by atoms with Crippen molar-refractivity contribution in [2.45, 2.75) is 12.8 Å². The molecule has 0 bridgehead atoms. The van der Waals surface area contributed by atoms with Gasteiger partial charge in [0.15, 0.2) is 5.76 Å². The van der Waals surface area contributed by atoms with E-state index in [0.717, 1.165) is 79.8 Å². The molecule has 1 aliphatic carbocycles. The minimum absolute atomic E-state index is 0.733. The highest BCUT2D eigenvalue weighted by Gasteiger charge is 2.30. The number of furan rings is 2. The zero-order chi connectivity index (χ0) is 26.4. The maximum atomic E-state index is 6.81. The monoisotopic (exact) mass is 516 g/mol. The van der Waals surface area contributed by atoms with Gasteiger partial charge < -0.3 is 19.1 Å². The fourth-order valence-electron chi connectivity index (χ4n) is 6.78. The van der Waals surface area contributed by atoms with E-state index in [-0.39, 0.29) is 0 Å². The Morgan fingerprint density at radius 1 is 0.575 bits per heavy atom. The molecule has 0 spiro atoms. The van der Waals surface area contributed by atoms with Crippen LogP contribution in [-0.2, 0) is 12.8 Å². The van der Waals surface area contributed by atoms with E-state index in [1.807, 2.05) is 30.3 Å². The number of benzene rings is 5. The molecule has 0 atom stereocenters. The van der Waals surface area contributed by atoms with Gasteiger partial charge in [-0.2, -0.15) is 0 Å². The number of hydrogen-bond acceptors (Lipinski definition) is 3. The molecule has 0 amide bonds. The van der Waals surface area contributed by atoms with Gasteiger partial charge in [0.1, 0.15) is 16.7 Å². The molecule has 0 saturated heterocycles. The third-order valence-corrected chi connectivity index (χ3v) is 8.50. The minimum atomic E-state index is 0.733. The first-order valence-electron chi connectivity index (χ1n) is 13.7. The highest BCUT2D eigenvalue weighted by atomic mass is 16.3. The average Bonchev–Trinajstić information content (AvgIpc) is 3.66. The van der Waals surface area contributed by atoms with Gasteiger partial charge in [0.05, 0.1) is 16.9 Å². The van der Waals surface area contributed by atoms with E-state index >= 15 is 0 Å². The van der Waals surface area contributed by atoms with E-state index in [1.54, 1.807) is 0 Å². The van der Waals surface area contributed by atoms with Crippen molar-refractivity contribution < 1.29 is 8.83 Å². The van der Waals surface area contributed by atoms with Crippen molar-refractivity contribution >= 4 is 49.5 Å². The third-order valence-electron chi connectivity index (χ3n) is 8.50. The molecule has 190 valence electrons. The summed E-state index contributed by atoms with van der Waals surface area (Å²) in [5.41, 5.74) is 18.2. The molecule has 40 heavy (non-hydrogen) atoms. The maximum absolute atomic E-state index is 6.81. The van der Waals surface area contributed by atoms with Crippen LogP contribution in [0.1, 0.15) is 11.1 Å². The lowest BCUT2D eigenvalue weighted by Gasteiger charge is -2.20. The summed E-state index contributed by atoms with van der Waals surface area (Å²) >= 11 is 0. The van der Waals surface area contributed by atoms with E-state index < -0.39 is 0 Å². The van der Waals surface area contributed by atoms with E-state index in [4.69, 9.17) is 14.6 Å². The molecule has 3 heterocycles. The Kier molecular flexibility index (Phi) is 4.28. The first-order valence-corrected chi connectivity index (χ1v) is 13.7. The Morgan fingerprint density at radius 2 is 1.27 bits per heavy atom. The zero-order valence-electron chi connectivity index (χ0n) is 21.6. The van der Waals surface area contributed by atoms with Crippen LogP contribution in [0.15, 0.2) is 118 Å². The molecule has 0 radical (unpaired) electrons. The molecule has 4 heteroatoms. The highest BCUT2D eigenvalue weighted by Crippen LogP contribution is 2.47.